The molecule has 4 heteroatoms. The van der Waals surface area contributed by atoms with E-state index in [0.29, 0.717) is 23.8 Å². The minimum Gasteiger partial charge on any atom is -0.454 e. The first-order valence-electron chi connectivity index (χ1n) is 9.22. The first-order valence-corrected chi connectivity index (χ1v) is 9.22. The fraction of sp³-hybridized carbons (Fsp3) is 0.208. The molecule has 1 heterocycles. The highest BCUT2D eigenvalue weighted by Crippen LogP contribution is 2.19. The highest BCUT2D eigenvalue weighted by Gasteiger charge is 2.06. The van der Waals surface area contributed by atoms with Gasteiger partial charge in [0.1, 0.15) is 17.9 Å². The predicted octanol–water partition coefficient (Wildman–Crippen LogP) is 4.83. The number of rotatable bonds is 6. The zero-order valence-electron chi connectivity index (χ0n) is 16.1. The molecule has 1 unspecified atom stereocenters. The van der Waals surface area contributed by atoms with Gasteiger partial charge in [0.25, 0.3) is 0 Å². The van der Waals surface area contributed by atoms with E-state index in [1.165, 1.54) is 11.9 Å². The Balaban J connectivity index is 1.59. The maximum Gasteiger partial charge on any atom is 0.163 e. The third-order valence-electron chi connectivity index (χ3n) is 4.15. The van der Waals surface area contributed by atoms with Crippen molar-refractivity contribution >= 4 is 5.78 Å². The van der Waals surface area contributed by atoms with Gasteiger partial charge in [-0.2, -0.15) is 0 Å². The number of ketones is 1. The van der Waals surface area contributed by atoms with Gasteiger partial charge in [0.2, 0.25) is 0 Å². The van der Waals surface area contributed by atoms with E-state index in [2.05, 4.69) is 40.9 Å². The lowest BCUT2D eigenvalue weighted by molar-refractivity contribution is -0.117. The van der Waals surface area contributed by atoms with Gasteiger partial charge in [-0.25, -0.2) is 9.97 Å². The lowest BCUT2D eigenvalue weighted by atomic mass is 9.96. The maximum absolute atomic E-state index is 11.2. The topological polar surface area (TPSA) is 52.1 Å². The Bertz CT molecular complexity index is 969. The molecule has 0 N–H and O–H groups in total. The van der Waals surface area contributed by atoms with Crippen LogP contribution in [0.3, 0.4) is 0 Å². The molecule has 0 aliphatic carbocycles. The van der Waals surface area contributed by atoms with E-state index < -0.39 is 0 Å². The van der Waals surface area contributed by atoms with E-state index in [-0.39, 0.29) is 5.78 Å². The number of hydrogen-bond acceptors (Lipinski definition) is 4. The monoisotopic (exact) mass is 370 g/mol. The first kappa shape index (κ1) is 19.3. The molecule has 3 rings (SSSR count). The van der Waals surface area contributed by atoms with Crippen LogP contribution in [0.2, 0.25) is 0 Å². The zero-order valence-corrected chi connectivity index (χ0v) is 16.1. The van der Waals surface area contributed by atoms with Gasteiger partial charge in [0.05, 0.1) is 12.4 Å². The van der Waals surface area contributed by atoms with Crippen molar-refractivity contribution in [2.24, 2.45) is 5.92 Å². The summed E-state index contributed by atoms with van der Waals surface area (Å²) in [6.07, 6.45) is 6.22. The van der Waals surface area contributed by atoms with Gasteiger partial charge in [-0.15, -0.1) is 0 Å². The number of ether oxygens (including phenoxy) is 1. The molecule has 1 aromatic heterocycles. The third-order valence-corrected chi connectivity index (χ3v) is 4.15. The van der Waals surface area contributed by atoms with Crippen LogP contribution in [0.15, 0.2) is 67.3 Å². The second kappa shape index (κ2) is 9.48. The molecular weight excluding hydrogens is 348 g/mol. The number of carbonyl (C=O) groups is 1. The lowest BCUT2D eigenvalue weighted by Crippen LogP contribution is -2.04. The number of aromatic nitrogens is 2. The normalized spacial score (nSPS) is 11.2. The van der Waals surface area contributed by atoms with E-state index >= 15 is 0 Å². The summed E-state index contributed by atoms with van der Waals surface area (Å²) in [5.74, 6) is 8.25. The molecule has 0 aliphatic heterocycles. The average molecular weight is 370 g/mol. The van der Waals surface area contributed by atoms with Gasteiger partial charge in [-0.3, -0.25) is 0 Å². The highest BCUT2D eigenvalue weighted by molar-refractivity contribution is 5.75. The van der Waals surface area contributed by atoms with Crippen LogP contribution in [0.1, 0.15) is 37.0 Å². The maximum atomic E-state index is 11.2. The third kappa shape index (κ3) is 6.07. The summed E-state index contributed by atoms with van der Waals surface area (Å²) in [6.45, 7) is 3.75. The molecule has 0 radical (unpaired) electrons. The summed E-state index contributed by atoms with van der Waals surface area (Å²) in [7, 11) is 0. The second-order valence-electron chi connectivity index (χ2n) is 6.86. The zero-order chi connectivity index (χ0) is 19.8. The Hall–Kier alpha value is -3.45. The molecule has 4 nitrogen and oxygen atoms in total. The summed E-state index contributed by atoms with van der Waals surface area (Å²) < 4.78 is 5.67. The number of benzene rings is 2. The Morgan fingerprint density at radius 1 is 0.929 bits per heavy atom. The summed E-state index contributed by atoms with van der Waals surface area (Å²) in [4.78, 5) is 19.0. The van der Waals surface area contributed by atoms with E-state index in [4.69, 9.17) is 4.74 Å². The number of carbonyl (C=O) groups excluding carboxylic acids is 1. The van der Waals surface area contributed by atoms with E-state index in [0.717, 1.165) is 17.5 Å². The molecule has 140 valence electrons. The molecule has 0 aliphatic rings. The van der Waals surface area contributed by atoms with Crippen molar-refractivity contribution in [2.75, 3.05) is 0 Å². The van der Waals surface area contributed by atoms with Gasteiger partial charge < -0.3 is 9.53 Å². The first-order chi connectivity index (χ1) is 13.6. The van der Waals surface area contributed by atoms with E-state index in [1.807, 2.05) is 36.4 Å². The molecule has 28 heavy (non-hydrogen) atoms. The fourth-order valence-electron chi connectivity index (χ4n) is 2.91. The molecule has 0 fully saturated rings. The van der Waals surface area contributed by atoms with E-state index in [9.17, 15) is 4.79 Å². The van der Waals surface area contributed by atoms with Crippen LogP contribution in [-0.4, -0.2) is 15.8 Å². The van der Waals surface area contributed by atoms with Crippen molar-refractivity contribution in [2.45, 2.75) is 26.7 Å². The summed E-state index contributed by atoms with van der Waals surface area (Å²) in [5, 5.41) is 0. The minimum absolute atomic E-state index is 0.239. The highest BCUT2D eigenvalue weighted by atomic mass is 16.5. The van der Waals surface area contributed by atoms with E-state index in [1.54, 1.807) is 19.3 Å². The number of hydrogen-bond donors (Lipinski definition) is 0. The van der Waals surface area contributed by atoms with Crippen molar-refractivity contribution < 1.29 is 9.53 Å². The Labute approximate surface area is 165 Å². The summed E-state index contributed by atoms with van der Waals surface area (Å²) in [5.41, 5.74) is 3.10. The quantitative estimate of drug-likeness (QED) is 0.584. The molecule has 0 amide bonds. The molecule has 0 bridgehead atoms. The van der Waals surface area contributed by atoms with Gasteiger partial charge >= 0.3 is 0 Å². The van der Waals surface area contributed by atoms with Crippen LogP contribution in [0.5, 0.6) is 11.5 Å². The van der Waals surface area contributed by atoms with Crippen LogP contribution >= 0.6 is 0 Å². The molecule has 3 aromatic rings. The van der Waals surface area contributed by atoms with Crippen LogP contribution in [0, 0.1) is 17.8 Å². The van der Waals surface area contributed by atoms with Gasteiger partial charge in [0.15, 0.2) is 5.75 Å². The van der Waals surface area contributed by atoms with Crippen LogP contribution in [0.4, 0.5) is 0 Å². The van der Waals surface area contributed by atoms with Crippen LogP contribution in [-0.2, 0) is 11.2 Å². The lowest BCUT2D eigenvalue weighted by Gasteiger charge is -2.09. The summed E-state index contributed by atoms with van der Waals surface area (Å²) in [6, 6.07) is 15.8. The smallest absolute Gasteiger partial charge is 0.163 e. The van der Waals surface area contributed by atoms with Crippen molar-refractivity contribution in [3.63, 3.8) is 0 Å². The van der Waals surface area contributed by atoms with Gasteiger partial charge in [-0.05, 0) is 61.2 Å². The van der Waals surface area contributed by atoms with Crippen LogP contribution < -0.4 is 4.74 Å². The average Bonchev–Trinajstić information content (AvgIpc) is 2.69. The molecule has 0 spiro atoms. The molecule has 0 saturated heterocycles. The molecule has 2 aromatic carbocycles. The van der Waals surface area contributed by atoms with Crippen LogP contribution in [0.25, 0.3) is 0 Å². The van der Waals surface area contributed by atoms with Crippen molar-refractivity contribution in [1.29, 1.82) is 0 Å². The fourth-order valence-corrected chi connectivity index (χ4v) is 2.91. The standard InChI is InChI=1S/C24H22N2O2/c1-18(13-19(2)27)14-22-7-5-20(6-8-22)3-4-21-9-11-23(12-10-21)28-24-15-25-17-26-16-24/h5-12,15-18H,13-14H2,1-2H3. The Morgan fingerprint density at radius 2 is 1.50 bits per heavy atom. The summed E-state index contributed by atoms with van der Waals surface area (Å²) >= 11 is 0. The number of Topliss-reactive ketones (excluding diaryl/α,β-unsaturated/α-hetero) is 1. The predicted molar refractivity (Wildman–Crippen MR) is 109 cm³/mol. The van der Waals surface area contributed by atoms with Crippen molar-refractivity contribution in [1.82, 2.24) is 9.97 Å². The Morgan fingerprint density at radius 3 is 2.07 bits per heavy atom. The molecule has 0 saturated carbocycles. The Kier molecular flexibility index (Phi) is 6.54. The van der Waals surface area contributed by atoms with Crippen molar-refractivity contribution in [3.05, 3.63) is 83.9 Å². The minimum atomic E-state index is 0.239. The molecular formula is C24H22N2O2. The second-order valence-corrected chi connectivity index (χ2v) is 6.86. The largest absolute Gasteiger partial charge is 0.454 e. The molecule has 1 atom stereocenters. The van der Waals surface area contributed by atoms with Gasteiger partial charge in [-0.1, -0.05) is 30.9 Å². The SMILES string of the molecule is CC(=O)CC(C)Cc1ccc(C#Cc2ccc(Oc3cncnc3)cc2)cc1. The van der Waals surface area contributed by atoms with Crippen molar-refractivity contribution in [3.8, 4) is 23.3 Å². The number of nitrogens with zero attached hydrogens (tertiary/aromatic N) is 2. The van der Waals surface area contributed by atoms with Gasteiger partial charge in [0, 0.05) is 17.5 Å².